The van der Waals surface area contributed by atoms with Crippen molar-refractivity contribution in [3.05, 3.63) is 42.0 Å². The number of hydrogen-bond donors (Lipinski definition) is 1. The summed E-state index contributed by atoms with van der Waals surface area (Å²) >= 11 is 0. The second kappa shape index (κ2) is 4.65. The van der Waals surface area contributed by atoms with E-state index >= 15 is 0 Å². The SMILES string of the molecule is CC(=O)c1ccc(NC(=O)C2CC3C=CC2C3)cc1. The largest absolute Gasteiger partial charge is 0.326 e. The second-order valence-corrected chi connectivity index (χ2v) is 5.51. The van der Waals surface area contributed by atoms with Crippen LogP contribution >= 0.6 is 0 Å². The highest BCUT2D eigenvalue weighted by molar-refractivity contribution is 5.96. The zero-order valence-electron chi connectivity index (χ0n) is 10.9. The third-order valence-electron chi connectivity index (χ3n) is 4.17. The van der Waals surface area contributed by atoms with E-state index in [-0.39, 0.29) is 17.6 Å². The fourth-order valence-corrected chi connectivity index (χ4v) is 3.11. The van der Waals surface area contributed by atoms with E-state index in [1.165, 1.54) is 6.92 Å². The Balaban J connectivity index is 1.66. The number of rotatable bonds is 3. The predicted octanol–water partition coefficient (Wildman–Crippen LogP) is 3.04. The molecule has 1 saturated carbocycles. The minimum atomic E-state index is 0.0381. The van der Waals surface area contributed by atoms with Gasteiger partial charge in [-0.25, -0.2) is 0 Å². The van der Waals surface area contributed by atoms with Gasteiger partial charge in [-0.3, -0.25) is 9.59 Å². The third-order valence-corrected chi connectivity index (χ3v) is 4.17. The van der Waals surface area contributed by atoms with Crippen molar-refractivity contribution < 1.29 is 9.59 Å². The molecule has 0 aliphatic heterocycles. The van der Waals surface area contributed by atoms with Gasteiger partial charge < -0.3 is 5.32 Å². The van der Waals surface area contributed by atoms with Gasteiger partial charge >= 0.3 is 0 Å². The highest BCUT2D eigenvalue weighted by Gasteiger charge is 2.39. The minimum Gasteiger partial charge on any atom is -0.326 e. The van der Waals surface area contributed by atoms with Gasteiger partial charge in [-0.1, -0.05) is 12.2 Å². The molecule has 0 heterocycles. The van der Waals surface area contributed by atoms with Crippen LogP contribution in [0.15, 0.2) is 36.4 Å². The number of ketones is 1. The highest BCUT2D eigenvalue weighted by atomic mass is 16.2. The molecule has 98 valence electrons. The third kappa shape index (κ3) is 2.33. The molecule has 1 N–H and O–H groups in total. The molecule has 3 unspecified atom stereocenters. The maximum absolute atomic E-state index is 12.2. The molecular formula is C16H17NO2. The van der Waals surface area contributed by atoms with Crippen LogP contribution in [0.2, 0.25) is 0 Å². The normalized spacial score (nSPS) is 27.5. The number of anilines is 1. The van der Waals surface area contributed by atoms with Crippen LogP contribution in [0, 0.1) is 17.8 Å². The molecular weight excluding hydrogens is 238 g/mol. The van der Waals surface area contributed by atoms with Crippen molar-refractivity contribution in [1.29, 1.82) is 0 Å². The quantitative estimate of drug-likeness (QED) is 0.666. The smallest absolute Gasteiger partial charge is 0.228 e. The average molecular weight is 255 g/mol. The number of benzene rings is 1. The van der Waals surface area contributed by atoms with Crippen molar-refractivity contribution in [2.45, 2.75) is 19.8 Å². The summed E-state index contributed by atoms with van der Waals surface area (Å²) in [6, 6.07) is 7.08. The summed E-state index contributed by atoms with van der Waals surface area (Å²) in [4.78, 5) is 23.4. The van der Waals surface area contributed by atoms with E-state index in [2.05, 4.69) is 17.5 Å². The Morgan fingerprint density at radius 1 is 1.11 bits per heavy atom. The van der Waals surface area contributed by atoms with Crippen LogP contribution in [-0.4, -0.2) is 11.7 Å². The van der Waals surface area contributed by atoms with Gasteiger partial charge in [0, 0.05) is 17.2 Å². The van der Waals surface area contributed by atoms with Gasteiger partial charge in [0.1, 0.15) is 0 Å². The van der Waals surface area contributed by atoms with Gasteiger partial charge in [-0.2, -0.15) is 0 Å². The molecule has 2 aliphatic rings. The lowest BCUT2D eigenvalue weighted by atomic mass is 9.93. The fourth-order valence-electron chi connectivity index (χ4n) is 3.11. The average Bonchev–Trinajstić information content (AvgIpc) is 3.01. The number of Topliss-reactive ketones (excluding diaryl/α,β-unsaturated/α-hetero) is 1. The molecule has 2 bridgehead atoms. The molecule has 2 aliphatic carbocycles. The summed E-state index contributed by atoms with van der Waals surface area (Å²) in [7, 11) is 0. The number of amides is 1. The molecule has 0 radical (unpaired) electrons. The lowest BCUT2D eigenvalue weighted by Crippen LogP contribution is -2.25. The molecule has 0 aromatic heterocycles. The number of carbonyl (C=O) groups excluding carboxylic acids is 2. The Hall–Kier alpha value is -1.90. The molecule has 1 fully saturated rings. The zero-order chi connectivity index (χ0) is 13.4. The Labute approximate surface area is 112 Å². The summed E-state index contributed by atoms with van der Waals surface area (Å²) in [6.07, 6.45) is 6.51. The van der Waals surface area contributed by atoms with E-state index in [1.807, 2.05) is 0 Å². The molecule has 3 atom stereocenters. The van der Waals surface area contributed by atoms with Crippen molar-refractivity contribution in [2.75, 3.05) is 5.32 Å². The van der Waals surface area contributed by atoms with Crippen LogP contribution in [-0.2, 0) is 4.79 Å². The van der Waals surface area contributed by atoms with E-state index in [0.717, 1.165) is 18.5 Å². The number of carbonyl (C=O) groups is 2. The van der Waals surface area contributed by atoms with Gasteiger partial charge in [0.25, 0.3) is 0 Å². The van der Waals surface area contributed by atoms with E-state index in [1.54, 1.807) is 24.3 Å². The second-order valence-electron chi connectivity index (χ2n) is 5.51. The summed E-state index contributed by atoms with van der Waals surface area (Å²) in [5.41, 5.74) is 1.43. The van der Waals surface area contributed by atoms with Crippen molar-refractivity contribution in [2.24, 2.45) is 17.8 Å². The van der Waals surface area contributed by atoms with E-state index in [4.69, 9.17) is 0 Å². The number of hydrogen-bond acceptors (Lipinski definition) is 2. The molecule has 0 spiro atoms. The molecule has 1 aromatic rings. The first-order chi connectivity index (χ1) is 9.13. The maximum atomic E-state index is 12.2. The van der Waals surface area contributed by atoms with Crippen LogP contribution < -0.4 is 5.32 Å². The van der Waals surface area contributed by atoms with Gasteiger partial charge in [0.2, 0.25) is 5.91 Å². The van der Waals surface area contributed by atoms with Crippen molar-refractivity contribution in [1.82, 2.24) is 0 Å². The van der Waals surface area contributed by atoms with Gasteiger partial charge in [-0.05, 0) is 55.9 Å². The number of allylic oxidation sites excluding steroid dienone is 2. The molecule has 1 aromatic carbocycles. The van der Waals surface area contributed by atoms with E-state index in [9.17, 15) is 9.59 Å². The molecule has 3 nitrogen and oxygen atoms in total. The lowest BCUT2D eigenvalue weighted by Gasteiger charge is -2.17. The van der Waals surface area contributed by atoms with E-state index in [0.29, 0.717) is 17.4 Å². The highest BCUT2D eigenvalue weighted by Crippen LogP contribution is 2.43. The zero-order valence-corrected chi connectivity index (χ0v) is 10.9. The number of nitrogens with one attached hydrogen (secondary N) is 1. The Morgan fingerprint density at radius 3 is 2.37 bits per heavy atom. The summed E-state index contributed by atoms with van der Waals surface area (Å²) in [5.74, 6) is 1.27. The summed E-state index contributed by atoms with van der Waals surface area (Å²) in [5, 5.41) is 2.95. The monoisotopic (exact) mass is 255 g/mol. The molecule has 0 saturated heterocycles. The topological polar surface area (TPSA) is 46.2 Å². The Morgan fingerprint density at radius 2 is 1.84 bits per heavy atom. The van der Waals surface area contributed by atoms with Gasteiger partial charge in [0.05, 0.1) is 0 Å². The molecule has 19 heavy (non-hydrogen) atoms. The van der Waals surface area contributed by atoms with Gasteiger partial charge in [-0.15, -0.1) is 0 Å². The first-order valence-corrected chi connectivity index (χ1v) is 6.73. The van der Waals surface area contributed by atoms with Gasteiger partial charge in [0.15, 0.2) is 5.78 Å². The molecule has 1 amide bonds. The van der Waals surface area contributed by atoms with Crippen molar-refractivity contribution >= 4 is 17.4 Å². The standard InChI is InChI=1S/C16H17NO2/c1-10(18)12-4-6-14(7-5-12)17-16(19)15-9-11-2-3-13(15)8-11/h2-7,11,13,15H,8-9H2,1H3,(H,17,19). The van der Waals surface area contributed by atoms with Crippen LogP contribution in [0.25, 0.3) is 0 Å². The van der Waals surface area contributed by atoms with Crippen LogP contribution in [0.3, 0.4) is 0 Å². The molecule has 3 heteroatoms. The summed E-state index contributed by atoms with van der Waals surface area (Å²) in [6.45, 7) is 1.54. The Bertz CT molecular complexity index is 544. The first-order valence-electron chi connectivity index (χ1n) is 6.73. The van der Waals surface area contributed by atoms with Crippen LogP contribution in [0.1, 0.15) is 30.1 Å². The lowest BCUT2D eigenvalue weighted by molar-refractivity contribution is -0.120. The maximum Gasteiger partial charge on any atom is 0.228 e. The first kappa shape index (κ1) is 12.2. The Kier molecular flexibility index (Phi) is 2.97. The van der Waals surface area contributed by atoms with Crippen molar-refractivity contribution in [3.63, 3.8) is 0 Å². The van der Waals surface area contributed by atoms with Crippen LogP contribution in [0.4, 0.5) is 5.69 Å². The fraction of sp³-hybridized carbons (Fsp3) is 0.375. The number of fused-ring (bicyclic) bond motifs is 2. The minimum absolute atomic E-state index is 0.0381. The van der Waals surface area contributed by atoms with Crippen molar-refractivity contribution in [3.8, 4) is 0 Å². The van der Waals surface area contributed by atoms with E-state index < -0.39 is 0 Å². The molecule has 3 rings (SSSR count). The predicted molar refractivity (Wildman–Crippen MR) is 73.9 cm³/mol. The van der Waals surface area contributed by atoms with Crippen LogP contribution in [0.5, 0.6) is 0 Å². The summed E-state index contributed by atoms with van der Waals surface area (Å²) < 4.78 is 0.